The molecule has 5 heteroatoms. The molecule has 0 bridgehead atoms. The van der Waals surface area contributed by atoms with Gasteiger partial charge in [0.15, 0.2) is 0 Å². The number of hydrogen-bond donors (Lipinski definition) is 1. The summed E-state index contributed by atoms with van der Waals surface area (Å²) in [7, 11) is 1.33. The summed E-state index contributed by atoms with van der Waals surface area (Å²) in [6.45, 7) is 3.01. The molecular formula is C16H21NO4. The lowest BCUT2D eigenvalue weighted by molar-refractivity contribution is -0.145. The Labute approximate surface area is 124 Å². The first-order valence-electron chi connectivity index (χ1n) is 7.11. The largest absolute Gasteiger partial charge is 0.467 e. The molecule has 1 amide bonds. The van der Waals surface area contributed by atoms with Gasteiger partial charge in [-0.05, 0) is 18.9 Å². The molecule has 1 saturated heterocycles. The number of carbonyl (C=O) groups excluding carboxylic acids is 2. The van der Waals surface area contributed by atoms with E-state index >= 15 is 0 Å². The number of amides is 1. The van der Waals surface area contributed by atoms with Crippen molar-refractivity contribution in [1.29, 1.82) is 0 Å². The number of aryl methyl sites for hydroxylation is 1. The van der Waals surface area contributed by atoms with Crippen LogP contribution in [0.15, 0.2) is 24.3 Å². The summed E-state index contributed by atoms with van der Waals surface area (Å²) in [4.78, 5) is 24.0. The van der Waals surface area contributed by atoms with E-state index in [0.29, 0.717) is 26.1 Å². The Morgan fingerprint density at radius 2 is 2.29 bits per heavy atom. The van der Waals surface area contributed by atoms with Crippen molar-refractivity contribution in [3.8, 4) is 0 Å². The molecule has 1 aromatic carbocycles. The van der Waals surface area contributed by atoms with Gasteiger partial charge in [0.05, 0.1) is 19.6 Å². The molecule has 1 fully saturated rings. The Balaban J connectivity index is 2.03. The van der Waals surface area contributed by atoms with Gasteiger partial charge in [-0.25, -0.2) is 4.79 Å². The first-order chi connectivity index (χ1) is 10.1. The molecule has 1 heterocycles. The summed E-state index contributed by atoms with van der Waals surface area (Å²) in [6, 6.07) is 7.20. The molecule has 0 spiro atoms. The summed E-state index contributed by atoms with van der Waals surface area (Å²) in [5.74, 6) is -0.742. The Bertz CT molecular complexity index is 509. The van der Waals surface area contributed by atoms with Gasteiger partial charge in [0.2, 0.25) is 5.91 Å². The van der Waals surface area contributed by atoms with E-state index in [1.165, 1.54) is 7.11 Å². The molecule has 1 aliphatic heterocycles. The van der Waals surface area contributed by atoms with Crippen molar-refractivity contribution in [1.82, 2.24) is 5.32 Å². The van der Waals surface area contributed by atoms with Crippen molar-refractivity contribution in [3.63, 3.8) is 0 Å². The summed E-state index contributed by atoms with van der Waals surface area (Å²) in [6.07, 6.45) is 1.12. The van der Waals surface area contributed by atoms with Gasteiger partial charge in [0.1, 0.15) is 6.04 Å². The highest BCUT2D eigenvalue weighted by atomic mass is 16.5. The van der Waals surface area contributed by atoms with E-state index < -0.39 is 12.0 Å². The van der Waals surface area contributed by atoms with E-state index in [-0.39, 0.29) is 11.8 Å². The Hall–Kier alpha value is -1.88. The molecule has 0 unspecified atom stereocenters. The molecule has 2 rings (SSSR count). The fourth-order valence-corrected chi connectivity index (χ4v) is 2.44. The van der Waals surface area contributed by atoms with E-state index in [4.69, 9.17) is 9.47 Å². The van der Waals surface area contributed by atoms with Gasteiger partial charge in [0.25, 0.3) is 0 Å². The van der Waals surface area contributed by atoms with E-state index in [2.05, 4.69) is 5.32 Å². The third-order valence-electron chi connectivity index (χ3n) is 3.62. The second kappa shape index (κ2) is 7.22. The predicted molar refractivity (Wildman–Crippen MR) is 77.8 cm³/mol. The Morgan fingerprint density at radius 1 is 1.48 bits per heavy atom. The predicted octanol–water partition coefficient (Wildman–Crippen LogP) is 1.23. The van der Waals surface area contributed by atoms with Gasteiger partial charge in [0, 0.05) is 13.0 Å². The first-order valence-corrected chi connectivity index (χ1v) is 7.11. The molecule has 21 heavy (non-hydrogen) atoms. The van der Waals surface area contributed by atoms with Crippen molar-refractivity contribution < 1.29 is 19.1 Å². The Kier molecular flexibility index (Phi) is 5.33. The van der Waals surface area contributed by atoms with Crippen LogP contribution in [0, 0.1) is 12.8 Å². The van der Waals surface area contributed by atoms with Crippen LogP contribution in [0.3, 0.4) is 0 Å². The monoisotopic (exact) mass is 291 g/mol. The summed E-state index contributed by atoms with van der Waals surface area (Å²) >= 11 is 0. The fourth-order valence-electron chi connectivity index (χ4n) is 2.44. The van der Waals surface area contributed by atoms with Crippen LogP contribution in [0.5, 0.6) is 0 Å². The van der Waals surface area contributed by atoms with Crippen molar-refractivity contribution in [3.05, 3.63) is 35.4 Å². The topological polar surface area (TPSA) is 64.6 Å². The number of carbonyl (C=O) groups is 2. The molecule has 0 saturated carbocycles. The van der Waals surface area contributed by atoms with Crippen LogP contribution < -0.4 is 5.32 Å². The molecule has 1 aliphatic rings. The molecule has 1 aromatic rings. The van der Waals surface area contributed by atoms with Gasteiger partial charge >= 0.3 is 5.97 Å². The minimum Gasteiger partial charge on any atom is -0.467 e. The minimum atomic E-state index is -0.662. The maximum atomic E-state index is 12.1. The lowest BCUT2D eigenvalue weighted by Gasteiger charge is -2.18. The standard InChI is InChI=1S/C16H21NO4/c1-11-4-3-5-12(8-11)9-14(16(19)20-2)17-15(18)13-6-7-21-10-13/h3-5,8,13-14H,6-7,9-10H2,1-2H3,(H,17,18)/t13-,14+/m0/s1. The Morgan fingerprint density at radius 3 is 2.90 bits per heavy atom. The maximum absolute atomic E-state index is 12.1. The summed E-state index contributed by atoms with van der Waals surface area (Å²) in [5.41, 5.74) is 2.11. The van der Waals surface area contributed by atoms with Gasteiger partial charge < -0.3 is 14.8 Å². The molecule has 1 N–H and O–H groups in total. The quantitative estimate of drug-likeness (QED) is 0.829. The summed E-state index contributed by atoms with van der Waals surface area (Å²) < 4.78 is 10.00. The molecule has 0 aliphatic carbocycles. The molecule has 5 nitrogen and oxygen atoms in total. The molecule has 2 atom stereocenters. The average Bonchev–Trinajstić information content (AvgIpc) is 3.00. The van der Waals surface area contributed by atoms with Crippen molar-refractivity contribution in [2.75, 3.05) is 20.3 Å². The van der Waals surface area contributed by atoms with Crippen molar-refractivity contribution in [2.24, 2.45) is 5.92 Å². The van der Waals surface area contributed by atoms with Crippen LogP contribution in [0.1, 0.15) is 17.5 Å². The number of methoxy groups -OCH3 is 1. The van der Waals surface area contributed by atoms with Gasteiger partial charge in [-0.3, -0.25) is 4.79 Å². The second-order valence-electron chi connectivity index (χ2n) is 5.34. The van der Waals surface area contributed by atoms with Crippen LogP contribution in [-0.2, 0) is 25.5 Å². The lowest BCUT2D eigenvalue weighted by atomic mass is 10.0. The molecule has 114 valence electrons. The van der Waals surface area contributed by atoms with Crippen LogP contribution in [0.4, 0.5) is 0 Å². The van der Waals surface area contributed by atoms with Crippen molar-refractivity contribution in [2.45, 2.75) is 25.8 Å². The van der Waals surface area contributed by atoms with E-state index in [1.807, 2.05) is 31.2 Å². The second-order valence-corrected chi connectivity index (χ2v) is 5.34. The maximum Gasteiger partial charge on any atom is 0.328 e. The van der Waals surface area contributed by atoms with Gasteiger partial charge in [-0.2, -0.15) is 0 Å². The molecule has 0 radical (unpaired) electrons. The highest BCUT2D eigenvalue weighted by Crippen LogP contribution is 2.14. The van der Waals surface area contributed by atoms with Crippen LogP contribution in [0.2, 0.25) is 0 Å². The number of esters is 1. The molecular weight excluding hydrogens is 270 g/mol. The number of hydrogen-bond acceptors (Lipinski definition) is 4. The van der Waals surface area contributed by atoms with E-state index in [1.54, 1.807) is 0 Å². The van der Waals surface area contributed by atoms with Crippen LogP contribution >= 0.6 is 0 Å². The zero-order chi connectivity index (χ0) is 15.2. The molecule has 0 aromatic heterocycles. The third-order valence-corrected chi connectivity index (χ3v) is 3.62. The van der Waals surface area contributed by atoms with Crippen LogP contribution in [-0.4, -0.2) is 38.2 Å². The number of ether oxygens (including phenoxy) is 2. The van der Waals surface area contributed by atoms with Crippen molar-refractivity contribution >= 4 is 11.9 Å². The fraction of sp³-hybridized carbons (Fsp3) is 0.500. The highest BCUT2D eigenvalue weighted by molar-refractivity contribution is 5.86. The number of benzene rings is 1. The average molecular weight is 291 g/mol. The van der Waals surface area contributed by atoms with E-state index in [9.17, 15) is 9.59 Å². The smallest absolute Gasteiger partial charge is 0.328 e. The van der Waals surface area contributed by atoms with Crippen LogP contribution in [0.25, 0.3) is 0 Å². The third kappa shape index (κ3) is 4.29. The van der Waals surface area contributed by atoms with Gasteiger partial charge in [-0.1, -0.05) is 29.8 Å². The van der Waals surface area contributed by atoms with Gasteiger partial charge in [-0.15, -0.1) is 0 Å². The zero-order valence-electron chi connectivity index (χ0n) is 12.4. The zero-order valence-corrected chi connectivity index (χ0v) is 12.4. The lowest BCUT2D eigenvalue weighted by Crippen LogP contribution is -2.45. The number of rotatable bonds is 5. The minimum absolute atomic E-state index is 0.143. The number of nitrogens with one attached hydrogen (secondary N) is 1. The SMILES string of the molecule is COC(=O)[C@@H](Cc1cccc(C)c1)NC(=O)[C@H]1CCOC1. The summed E-state index contributed by atoms with van der Waals surface area (Å²) in [5, 5.41) is 2.78. The van der Waals surface area contributed by atoms with E-state index in [0.717, 1.165) is 11.1 Å². The normalized spacial score (nSPS) is 19.0. The first kappa shape index (κ1) is 15.5. The highest BCUT2D eigenvalue weighted by Gasteiger charge is 2.28.